The van der Waals surface area contributed by atoms with E-state index in [2.05, 4.69) is 6.92 Å². The molecule has 1 fully saturated rings. The first-order valence-corrected chi connectivity index (χ1v) is 11.9. The number of ether oxygens (including phenoxy) is 2. The Hall–Kier alpha value is -2.93. The minimum Gasteiger partial charge on any atom is -0.491 e. The summed E-state index contributed by atoms with van der Waals surface area (Å²) in [5.74, 6) is -6.35. The monoisotopic (exact) mass is 490 g/mol. The standard InChI is InChI=1S/C28H27F5O2/c1-3-5-18-8-6-17(15-35-18)16-7-9-19(23(29)14-16)20-10-11-21(26(31)25(20)30)22-12-13-24(34-4-2)28(33)27(22)32/h7,9-14,17-18H,3-6,8,15H2,1-2H3. The predicted octanol–water partition coefficient (Wildman–Crippen LogP) is 8.18. The van der Waals surface area contributed by atoms with Crippen LogP contribution in [0, 0.1) is 29.1 Å². The molecule has 1 aliphatic rings. The molecule has 0 aromatic heterocycles. The molecule has 0 aliphatic carbocycles. The van der Waals surface area contributed by atoms with Crippen molar-refractivity contribution in [2.75, 3.05) is 13.2 Å². The third kappa shape index (κ3) is 5.06. The number of benzene rings is 3. The van der Waals surface area contributed by atoms with Gasteiger partial charge in [0, 0.05) is 28.2 Å². The van der Waals surface area contributed by atoms with E-state index in [-0.39, 0.29) is 35.5 Å². The van der Waals surface area contributed by atoms with Gasteiger partial charge in [0.2, 0.25) is 5.82 Å². The highest BCUT2D eigenvalue weighted by Gasteiger charge is 2.25. The summed E-state index contributed by atoms with van der Waals surface area (Å²) in [6, 6.07) is 8.99. The lowest BCUT2D eigenvalue weighted by Crippen LogP contribution is -2.24. The zero-order valence-corrected chi connectivity index (χ0v) is 19.6. The van der Waals surface area contributed by atoms with Crippen LogP contribution in [0.2, 0.25) is 0 Å². The van der Waals surface area contributed by atoms with Crippen molar-refractivity contribution in [3.8, 4) is 28.0 Å². The van der Waals surface area contributed by atoms with E-state index >= 15 is 8.78 Å². The Morgan fingerprint density at radius 1 is 0.771 bits per heavy atom. The van der Waals surface area contributed by atoms with Gasteiger partial charge in [-0.2, -0.15) is 4.39 Å². The second kappa shape index (κ2) is 10.8. The van der Waals surface area contributed by atoms with E-state index in [1.807, 2.05) is 0 Å². The van der Waals surface area contributed by atoms with Crippen LogP contribution in [0.1, 0.15) is 51.0 Å². The fourth-order valence-electron chi connectivity index (χ4n) is 4.59. The minimum atomic E-state index is -1.39. The van der Waals surface area contributed by atoms with Gasteiger partial charge in [-0.25, -0.2) is 17.6 Å². The molecule has 1 heterocycles. The summed E-state index contributed by atoms with van der Waals surface area (Å²) in [4.78, 5) is 0. The fourth-order valence-corrected chi connectivity index (χ4v) is 4.59. The first-order valence-electron chi connectivity index (χ1n) is 11.9. The van der Waals surface area contributed by atoms with Crippen molar-refractivity contribution in [1.82, 2.24) is 0 Å². The molecule has 35 heavy (non-hydrogen) atoms. The molecule has 0 N–H and O–H groups in total. The zero-order chi connectivity index (χ0) is 25.1. The van der Waals surface area contributed by atoms with Crippen LogP contribution in [0.15, 0.2) is 42.5 Å². The van der Waals surface area contributed by atoms with E-state index in [0.29, 0.717) is 6.61 Å². The molecule has 7 heteroatoms. The quantitative estimate of drug-likeness (QED) is 0.311. The van der Waals surface area contributed by atoms with Gasteiger partial charge < -0.3 is 9.47 Å². The highest BCUT2D eigenvalue weighted by molar-refractivity contribution is 5.73. The van der Waals surface area contributed by atoms with Crippen molar-refractivity contribution in [2.24, 2.45) is 0 Å². The highest BCUT2D eigenvalue weighted by atomic mass is 19.2. The normalized spacial score (nSPS) is 18.0. The molecular formula is C28H27F5O2. The summed E-state index contributed by atoms with van der Waals surface area (Å²) in [7, 11) is 0. The van der Waals surface area contributed by atoms with Crippen molar-refractivity contribution in [1.29, 1.82) is 0 Å². The summed E-state index contributed by atoms with van der Waals surface area (Å²) < 4.78 is 84.6. The number of hydrogen-bond acceptors (Lipinski definition) is 2. The Balaban J connectivity index is 1.61. The Kier molecular flexibility index (Phi) is 7.75. The number of rotatable bonds is 7. The fraction of sp³-hybridized carbons (Fsp3) is 0.357. The highest BCUT2D eigenvalue weighted by Crippen LogP contribution is 2.37. The van der Waals surface area contributed by atoms with Crippen molar-refractivity contribution < 1.29 is 31.4 Å². The van der Waals surface area contributed by atoms with Crippen LogP contribution in [-0.4, -0.2) is 19.3 Å². The SMILES string of the molecule is CCCC1CCC(c2ccc(-c3ccc(-c4ccc(OCC)c(F)c4F)c(F)c3F)c(F)c2)CO1. The number of halogens is 5. The summed E-state index contributed by atoms with van der Waals surface area (Å²) in [6.07, 6.45) is 4.02. The predicted molar refractivity (Wildman–Crippen MR) is 125 cm³/mol. The molecule has 2 atom stereocenters. The molecule has 1 saturated heterocycles. The van der Waals surface area contributed by atoms with Crippen LogP contribution in [0.5, 0.6) is 5.75 Å². The van der Waals surface area contributed by atoms with E-state index in [1.54, 1.807) is 13.0 Å². The second-order valence-electron chi connectivity index (χ2n) is 8.72. The Bertz CT molecular complexity index is 1200. The van der Waals surface area contributed by atoms with Gasteiger partial charge in [-0.1, -0.05) is 37.6 Å². The second-order valence-corrected chi connectivity index (χ2v) is 8.72. The topological polar surface area (TPSA) is 18.5 Å². The molecule has 186 valence electrons. The van der Waals surface area contributed by atoms with Crippen molar-refractivity contribution in [3.05, 3.63) is 77.1 Å². The van der Waals surface area contributed by atoms with Crippen LogP contribution in [0.3, 0.4) is 0 Å². The molecule has 0 radical (unpaired) electrons. The van der Waals surface area contributed by atoms with E-state index in [9.17, 15) is 13.2 Å². The van der Waals surface area contributed by atoms with Crippen LogP contribution < -0.4 is 4.74 Å². The smallest absolute Gasteiger partial charge is 0.201 e. The Morgan fingerprint density at radius 2 is 1.37 bits per heavy atom. The third-order valence-electron chi connectivity index (χ3n) is 6.45. The van der Waals surface area contributed by atoms with E-state index in [4.69, 9.17) is 9.47 Å². The summed E-state index contributed by atoms with van der Waals surface area (Å²) >= 11 is 0. The van der Waals surface area contributed by atoms with Gasteiger partial charge in [0.25, 0.3) is 0 Å². The van der Waals surface area contributed by atoms with Crippen LogP contribution in [0.25, 0.3) is 22.3 Å². The minimum absolute atomic E-state index is 0.0353. The van der Waals surface area contributed by atoms with Gasteiger partial charge in [-0.05, 0) is 49.9 Å². The van der Waals surface area contributed by atoms with Gasteiger partial charge >= 0.3 is 0 Å². The van der Waals surface area contributed by atoms with Crippen LogP contribution in [0.4, 0.5) is 22.0 Å². The maximum absolute atomic E-state index is 15.0. The molecule has 4 rings (SSSR count). The van der Waals surface area contributed by atoms with E-state index < -0.39 is 40.2 Å². The third-order valence-corrected chi connectivity index (χ3v) is 6.45. The Labute approximate surface area is 201 Å². The molecule has 0 saturated carbocycles. The molecular weight excluding hydrogens is 463 g/mol. The van der Waals surface area contributed by atoms with Crippen molar-refractivity contribution in [2.45, 2.75) is 51.6 Å². The average molecular weight is 491 g/mol. The molecule has 2 unspecified atom stereocenters. The molecule has 0 spiro atoms. The summed E-state index contributed by atoms with van der Waals surface area (Å²) in [5, 5.41) is 0. The first kappa shape index (κ1) is 25.2. The number of hydrogen-bond donors (Lipinski definition) is 0. The summed E-state index contributed by atoms with van der Waals surface area (Å²) in [5.41, 5.74) is -0.599. The molecule has 3 aromatic carbocycles. The maximum atomic E-state index is 15.0. The van der Waals surface area contributed by atoms with Gasteiger partial charge in [-0.15, -0.1) is 0 Å². The van der Waals surface area contributed by atoms with Gasteiger partial charge in [0.05, 0.1) is 19.3 Å². The average Bonchev–Trinajstić information content (AvgIpc) is 2.85. The van der Waals surface area contributed by atoms with E-state index in [0.717, 1.165) is 49.4 Å². The van der Waals surface area contributed by atoms with Gasteiger partial charge in [0.1, 0.15) is 5.82 Å². The molecule has 0 bridgehead atoms. The zero-order valence-electron chi connectivity index (χ0n) is 19.6. The van der Waals surface area contributed by atoms with Crippen molar-refractivity contribution in [3.63, 3.8) is 0 Å². The summed E-state index contributed by atoms with van der Waals surface area (Å²) in [6.45, 7) is 4.32. The van der Waals surface area contributed by atoms with E-state index in [1.165, 1.54) is 18.2 Å². The lowest BCUT2D eigenvalue weighted by molar-refractivity contribution is -0.00115. The lowest BCUT2D eigenvalue weighted by atomic mass is 9.89. The molecule has 1 aliphatic heterocycles. The van der Waals surface area contributed by atoms with Gasteiger partial charge in [0.15, 0.2) is 23.2 Å². The largest absolute Gasteiger partial charge is 0.491 e. The van der Waals surface area contributed by atoms with Crippen LogP contribution >= 0.6 is 0 Å². The van der Waals surface area contributed by atoms with Gasteiger partial charge in [-0.3, -0.25) is 0 Å². The van der Waals surface area contributed by atoms with Crippen LogP contribution in [-0.2, 0) is 4.74 Å². The maximum Gasteiger partial charge on any atom is 0.201 e. The molecule has 3 aromatic rings. The first-order chi connectivity index (χ1) is 16.8. The lowest BCUT2D eigenvalue weighted by Gasteiger charge is -2.29. The Morgan fingerprint density at radius 3 is 1.94 bits per heavy atom. The molecule has 2 nitrogen and oxygen atoms in total. The van der Waals surface area contributed by atoms with Crippen molar-refractivity contribution >= 4 is 0 Å². The molecule has 0 amide bonds.